The summed E-state index contributed by atoms with van der Waals surface area (Å²) in [4.78, 5) is 12.1. The molecule has 0 heterocycles. The summed E-state index contributed by atoms with van der Waals surface area (Å²) in [7, 11) is 1.32. The van der Waals surface area contributed by atoms with E-state index in [2.05, 4.69) is 48.5 Å². The molecule has 39 heavy (non-hydrogen) atoms. The summed E-state index contributed by atoms with van der Waals surface area (Å²) in [5.41, 5.74) is 4.78. The lowest BCUT2D eigenvalue weighted by Gasteiger charge is -2.57. The number of benzene rings is 4. The van der Waals surface area contributed by atoms with E-state index in [1.807, 2.05) is 18.2 Å². The zero-order valence-corrected chi connectivity index (χ0v) is 22.4. The number of carbonyl (C=O) groups excluding carboxylic acids is 1. The van der Waals surface area contributed by atoms with Crippen molar-refractivity contribution in [2.24, 2.45) is 17.8 Å². The van der Waals surface area contributed by atoms with E-state index in [1.165, 1.54) is 56.8 Å². The molecule has 0 saturated heterocycles. The van der Waals surface area contributed by atoms with Gasteiger partial charge in [-0.05, 0) is 113 Å². The molecule has 0 unspecified atom stereocenters. The van der Waals surface area contributed by atoms with Gasteiger partial charge in [-0.15, -0.1) is 0 Å². The van der Waals surface area contributed by atoms with Crippen molar-refractivity contribution in [3.05, 3.63) is 95.6 Å². The Balaban J connectivity index is 1.36. The lowest BCUT2D eigenvalue weighted by molar-refractivity contribution is -0.00640. The van der Waals surface area contributed by atoms with E-state index in [-0.39, 0.29) is 16.7 Å². The molecule has 4 aliphatic carbocycles. The first-order chi connectivity index (χ1) is 19.0. The van der Waals surface area contributed by atoms with Crippen molar-refractivity contribution in [2.75, 3.05) is 7.11 Å². The number of phenols is 1. The summed E-state index contributed by atoms with van der Waals surface area (Å²) in [6, 6.07) is 26.5. The summed E-state index contributed by atoms with van der Waals surface area (Å²) >= 11 is 0. The molecule has 4 aromatic rings. The Morgan fingerprint density at radius 1 is 0.872 bits per heavy atom. The fourth-order valence-electron chi connectivity index (χ4n) is 8.25. The number of ether oxygens (including phenoxy) is 2. The molecule has 0 aromatic heterocycles. The first kappa shape index (κ1) is 24.3. The molecule has 4 nitrogen and oxygen atoms in total. The Morgan fingerprint density at radius 2 is 1.59 bits per heavy atom. The van der Waals surface area contributed by atoms with Gasteiger partial charge in [0.1, 0.15) is 23.7 Å². The predicted molar refractivity (Wildman–Crippen MR) is 153 cm³/mol. The maximum atomic E-state index is 12.1. The molecule has 0 radical (unpaired) electrons. The summed E-state index contributed by atoms with van der Waals surface area (Å²) in [5, 5.41) is 12.9. The van der Waals surface area contributed by atoms with Crippen LogP contribution in [-0.2, 0) is 16.8 Å². The monoisotopic (exact) mass is 518 g/mol. The van der Waals surface area contributed by atoms with E-state index in [9.17, 15) is 9.90 Å². The van der Waals surface area contributed by atoms with Crippen LogP contribution in [0.3, 0.4) is 0 Å². The minimum absolute atomic E-state index is 0.0690. The number of hydrogen-bond donors (Lipinski definition) is 1. The molecule has 4 saturated carbocycles. The first-order valence-electron chi connectivity index (χ1n) is 14.2. The molecule has 0 atom stereocenters. The van der Waals surface area contributed by atoms with E-state index in [0.717, 1.165) is 45.4 Å². The topological polar surface area (TPSA) is 55.8 Å². The molecule has 4 bridgehead atoms. The Kier molecular flexibility index (Phi) is 5.88. The number of esters is 1. The zero-order valence-electron chi connectivity index (χ0n) is 22.4. The van der Waals surface area contributed by atoms with Gasteiger partial charge in [0.2, 0.25) is 0 Å². The number of carbonyl (C=O) groups is 1. The smallest absolute Gasteiger partial charge is 0.341 e. The van der Waals surface area contributed by atoms with Crippen LogP contribution in [0.15, 0.2) is 78.9 Å². The molecule has 4 heteroatoms. The van der Waals surface area contributed by atoms with Crippen LogP contribution in [0.2, 0.25) is 0 Å². The second kappa shape index (κ2) is 9.44. The fraction of sp³-hybridized carbons (Fsp3) is 0.343. The quantitative estimate of drug-likeness (QED) is 0.262. The van der Waals surface area contributed by atoms with Crippen LogP contribution in [0.4, 0.5) is 0 Å². The van der Waals surface area contributed by atoms with Gasteiger partial charge in [-0.3, -0.25) is 0 Å². The third kappa shape index (κ3) is 4.27. The molecule has 4 fully saturated rings. The molecule has 4 aromatic carbocycles. The predicted octanol–water partition coefficient (Wildman–Crippen LogP) is 8.05. The van der Waals surface area contributed by atoms with Crippen molar-refractivity contribution in [3.8, 4) is 22.6 Å². The normalized spacial score (nSPS) is 25.1. The van der Waals surface area contributed by atoms with Gasteiger partial charge in [-0.2, -0.15) is 0 Å². The molecule has 0 spiro atoms. The van der Waals surface area contributed by atoms with Crippen LogP contribution < -0.4 is 4.74 Å². The number of methoxy groups -OCH3 is 1. The van der Waals surface area contributed by atoms with E-state index in [0.29, 0.717) is 6.61 Å². The first-order valence-corrected chi connectivity index (χ1v) is 14.2. The second-order valence-corrected chi connectivity index (χ2v) is 12.1. The zero-order chi connectivity index (χ0) is 26.6. The van der Waals surface area contributed by atoms with Crippen molar-refractivity contribution in [3.63, 3.8) is 0 Å². The minimum Gasteiger partial charge on any atom is -0.507 e. The Bertz CT molecular complexity index is 1520. The standard InChI is InChI=1S/C35H34O4/c1-38-34(37)29-11-10-27(15-32(29)36)28-9-5-8-26-16-33(39-21-22-6-3-2-4-7-22)31(17-30(26)28)35-18-23-12-24(19-35)14-25(13-23)20-35/h2-11,15-17,23-25,36H,12-14,18-21H2,1H3. The largest absolute Gasteiger partial charge is 0.507 e. The highest BCUT2D eigenvalue weighted by atomic mass is 16.5. The summed E-state index contributed by atoms with van der Waals surface area (Å²) in [5.74, 6) is 2.88. The van der Waals surface area contributed by atoms with Crippen LogP contribution in [0, 0.1) is 17.8 Å². The van der Waals surface area contributed by atoms with Crippen LogP contribution >= 0.6 is 0 Å². The van der Waals surface area contributed by atoms with Gasteiger partial charge in [0.25, 0.3) is 0 Å². The highest BCUT2D eigenvalue weighted by Gasteiger charge is 2.52. The van der Waals surface area contributed by atoms with Gasteiger partial charge < -0.3 is 14.6 Å². The molecule has 0 amide bonds. The molecule has 8 rings (SSSR count). The van der Waals surface area contributed by atoms with Crippen LogP contribution in [0.5, 0.6) is 11.5 Å². The lowest BCUT2D eigenvalue weighted by Crippen LogP contribution is -2.48. The summed E-state index contributed by atoms with van der Waals surface area (Å²) in [6.07, 6.45) is 7.94. The fourth-order valence-corrected chi connectivity index (χ4v) is 8.25. The Morgan fingerprint density at radius 3 is 2.26 bits per heavy atom. The summed E-state index contributed by atoms with van der Waals surface area (Å²) < 4.78 is 11.5. The molecular weight excluding hydrogens is 484 g/mol. The van der Waals surface area contributed by atoms with E-state index in [4.69, 9.17) is 9.47 Å². The van der Waals surface area contributed by atoms with Crippen LogP contribution in [-0.4, -0.2) is 18.2 Å². The molecule has 198 valence electrons. The number of rotatable bonds is 6. The second-order valence-electron chi connectivity index (χ2n) is 12.1. The molecule has 1 N–H and O–H groups in total. The highest BCUT2D eigenvalue weighted by molar-refractivity contribution is 5.99. The Labute approximate surface area is 229 Å². The third-order valence-electron chi connectivity index (χ3n) is 9.54. The highest BCUT2D eigenvalue weighted by Crippen LogP contribution is 2.62. The van der Waals surface area contributed by atoms with Gasteiger partial charge in [0.05, 0.1) is 7.11 Å². The number of fused-ring (bicyclic) bond motifs is 1. The van der Waals surface area contributed by atoms with Gasteiger partial charge >= 0.3 is 5.97 Å². The Hall–Kier alpha value is -3.79. The van der Waals surface area contributed by atoms with E-state index < -0.39 is 5.97 Å². The van der Waals surface area contributed by atoms with Gasteiger partial charge in [-0.25, -0.2) is 4.79 Å². The van der Waals surface area contributed by atoms with Crippen LogP contribution in [0.1, 0.15) is 60.0 Å². The van der Waals surface area contributed by atoms with Gasteiger partial charge in [0, 0.05) is 5.56 Å². The molecule has 4 aliphatic rings. The maximum Gasteiger partial charge on any atom is 0.341 e. The average molecular weight is 519 g/mol. The van der Waals surface area contributed by atoms with Crippen molar-refractivity contribution in [2.45, 2.75) is 50.5 Å². The van der Waals surface area contributed by atoms with E-state index in [1.54, 1.807) is 12.1 Å². The molecule has 0 aliphatic heterocycles. The lowest BCUT2D eigenvalue weighted by atomic mass is 9.48. The van der Waals surface area contributed by atoms with Crippen LogP contribution in [0.25, 0.3) is 21.9 Å². The van der Waals surface area contributed by atoms with E-state index >= 15 is 0 Å². The van der Waals surface area contributed by atoms with Crippen molar-refractivity contribution < 1.29 is 19.4 Å². The van der Waals surface area contributed by atoms with Crippen molar-refractivity contribution in [1.82, 2.24) is 0 Å². The van der Waals surface area contributed by atoms with Crippen molar-refractivity contribution in [1.29, 1.82) is 0 Å². The van der Waals surface area contributed by atoms with Gasteiger partial charge in [-0.1, -0.05) is 54.6 Å². The molecular formula is C35H34O4. The number of aromatic hydroxyl groups is 1. The average Bonchev–Trinajstić information content (AvgIpc) is 2.94. The van der Waals surface area contributed by atoms with Crippen molar-refractivity contribution >= 4 is 16.7 Å². The number of hydrogen-bond acceptors (Lipinski definition) is 4. The number of phenolic OH excluding ortho intramolecular Hbond substituents is 1. The maximum absolute atomic E-state index is 12.1. The SMILES string of the molecule is COC(=O)c1ccc(-c2cccc3cc(OCc4ccccc4)c(C45CC6CC(CC(C6)C4)C5)cc23)cc1O. The minimum atomic E-state index is -0.540. The third-order valence-corrected chi connectivity index (χ3v) is 9.54. The van der Waals surface area contributed by atoms with Gasteiger partial charge in [0.15, 0.2) is 0 Å². The summed E-state index contributed by atoms with van der Waals surface area (Å²) in [6.45, 7) is 0.550.